The van der Waals surface area contributed by atoms with E-state index >= 15 is 0 Å². The van der Waals surface area contributed by atoms with Crippen molar-refractivity contribution in [3.8, 4) is 50.7 Å². The zero-order chi connectivity index (χ0) is 55.1. The summed E-state index contributed by atoms with van der Waals surface area (Å²) in [7, 11) is 0. The standard InChI is InChI=1S/C79H53N5/c1-50-41-43-64-62-27-4-13-33-69(62)81(77(64)45-50)53-47-52(80-67-31-11-2-21-56(67)57-22-3-12-32-68(57)80)48-54(49-53)82-70-34-14-5-28-63(70)65-44-42-51(46-78(65)82)55-30-20-40-76-79(55)66-29-10-19-39-75(66)84(76)74-38-18-9-26-61(74)60-25-8-17-37-73(60)83-71-35-15-6-23-58(71)59-24-7-16-36-72(59)83/h2-44,46-50H,45H2,1H3. The van der Waals surface area contributed by atoms with Crippen LogP contribution < -0.4 is 0 Å². The Hall–Kier alpha value is -10.9. The predicted molar refractivity (Wildman–Crippen MR) is 353 cm³/mol. The maximum atomic E-state index is 2.56. The summed E-state index contributed by atoms with van der Waals surface area (Å²) in [6.45, 7) is 2.34. The minimum Gasteiger partial charge on any atom is -0.313 e. The number of hydrogen-bond acceptors (Lipinski definition) is 0. The molecule has 0 spiro atoms. The lowest BCUT2D eigenvalue weighted by Crippen LogP contribution is -2.10. The van der Waals surface area contributed by atoms with Crippen molar-refractivity contribution >= 4 is 104 Å². The lowest BCUT2D eigenvalue weighted by molar-refractivity contribution is 0.690. The molecule has 0 radical (unpaired) electrons. The summed E-state index contributed by atoms with van der Waals surface area (Å²) in [6, 6.07) is 101. The molecule has 1 aliphatic rings. The maximum Gasteiger partial charge on any atom is 0.0547 e. The molecule has 0 amide bonds. The number of rotatable bonds is 7. The van der Waals surface area contributed by atoms with Gasteiger partial charge in [-0.25, -0.2) is 0 Å². The fourth-order valence-corrected chi connectivity index (χ4v) is 14.7. The Labute approximate surface area is 484 Å². The summed E-state index contributed by atoms with van der Waals surface area (Å²) < 4.78 is 12.5. The molecular weight excluding hydrogens is 1020 g/mol. The topological polar surface area (TPSA) is 24.6 Å². The highest BCUT2D eigenvalue weighted by Crippen LogP contribution is 2.46. The average molecular weight is 1070 g/mol. The first-order chi connectivity index (χ1) is 41.6. The van der Waals surface area contributed by atoms with E-state index in [1.807, 2.05) is 0 Å². The van der Waals surface area contributed by atoms with Crippen molar-refractivity contribution in [2.45, 2.75) is 13.3 Å². The van der Waals surface area contributed by atoms with Gasteiger partial charge in [-0.3, -0.25) is 0 Å². The normalized spacial score (nSPS) is 13.6. The molecule has 0 N–H and O–H groups in total. The zero-order valence-corrected chi connectivity index (χ0v) is 46.2. The molecule has 84 heavy (non-hydrogen) atoms. The molecule has 0 bridgehead atoms. The van der Waals surface area contributed by atoms with E-state index in [2.05, 4.69) is 315 Å². The van der Waals surface area contributed by atoms with Crippen LogP contribution in [-0.4, -0.2) is 22.8 Å². The van der Waals surface area contributed by atoms with E-state index in [1.54, 1.807) is 0 Å². The van der Waals surface area contributed by atoms with Crippen LogP contribution in [0.15, 0.2) is 279 Å². The molecule has 12 aromatic carbocycles. The summed E-state index contributed by atoms with van der Waals surface area (Å²) in [5.74, 6) is 0.415. The number of aromatic nitrogens is 5. The quantitative estimate of drug-likeness (QED) is 0.152. The third-order valence-electron chi connectivity index (χ3n) is 18.2. The molecule has 18 rings (SSSR count). The van der Waals surface area contributed by atoms with Crippen LogP contribution in [0.5, 0.6) is 0 Å². The Morgan fingerprint density at radius 3 is 1.19 bits per heavy atom. The Morgan fingerprint density at radius 2 is 0.655 bits per heavy atom. The van der Waals surface area contributed by atoms with E-state index in [4.69, 9.17) is 0 Å². The summed E-state index contributed by atoms with van der Waals surface area (Å²) in [5.41, 5.74) is 23.6. The number of benzene rings is 12. The number of hydrogen-bond donors (Lipinski definition) is 0. The summed E-state index contributed by atoms with van der Waals surface area (Å²) in [5, 5.41) is 11.1. The third-order valence-corrected chi connectivity index (χ3v) is 18.2. The van der Waals surface area contributed by atoms with E-state index in [0.717, 1.165) is 62.5 Å². The van der Waals surface area contributed by atoms with Gasteiger partial charge in [0.15, 0.2) is 0 Å². The highest BCUT2D eigenvalue weighted by Gasteiger charge is 2.26. The van der Waals surface area contributed by atoms with Crippen molar-refractivity contribution in [1.82, 2.24) is 22.8 Å². The number of allylic oxidation sites excluding steroid dienone is 1. The molecule has 1 atom stereocenters. The van der Waals surface area contributed by atoms with Crippen LogP contribution in [-0.2, 0) is 6.42 Å². The predicted octanol–water partition coefficient (Wildman–Crippen LogP) is 20.6. The first-order valence-electron chi connectivity index (χ1n) is 29.3. The van der Waals surface area contributed by atoms with Crippen molar-refractivity contribution < 1.29 is 0 Å². The number of fused-ring (bicyclic) bond motifs is 15. The van der Waals surface area contributed by atoms with Gasteiger partial charge in [0.1, 0.15) is 0 Å². The lowest BCUT2D eigenvalue weighted by atomic mass is 9.95. The number of nitrogens with zero attached hydrogens (tertiary/aromatic N) is 5. The largest absolute Gasteiger partial charge is 0.313 e. The van der Waals surface area contributed by atoms with Crippen LogP contribution in [0.3, 0.4) is 0 Å². The van der Waals surface area contributed by atoms with E-state index in [0.29, 0.717) is 5.92 Å². The molecule has 0 saturated heterocycles. The molecule has 17 aromatic rings. The molecule has 5 heteroatoms. The Morgan fingerprint density at radius 1 is 0.286 bits per heavy atom. The molecule has 1 aliphatic carbocycles. The second-order valence-corrected chi connectivity index (χ2v) is 22.9. The average Bonchev–Trinajstić information content (AvgIpc) is 2.60. The van der Waals surface area contributed by atoms with Gasteiger partial charge in [-0.05, 0) is 108 Å². The maximum absolute atomic E-state index is 2.56. The third kappa shape index (κ3) is 6.72. The molecular formula is C79H53N5. The van der Waals surface area contributed by atoms with Crippen LogP contribution in [0.2, 0.25) is 0 Å². The SMILES string of the molecule is CC1C=Cc2c(n(-c3cc(-n4c5ccccc5c5ccccc54)cc(-n4c5ccccc5c5ccc(-c6cccc7c6c6ccccc6n7-c6ccccc6-c6ccccc6-n6c7ccccc7c7ccccc76)cc54)c3)c3ccccc23)C1. The van der Waals surface area contributed by atoms with Gasteiger partial charge < -0.3 is 22.8 Å². The second kappa shape index (κ2) is 18.1. The van der Waals surface area contributed by atoms with Crippen molar-refractivity contribution in [3.63, 3.8) is 0 Å². The highest BCUT2D eigenvalue weighted by molar-refractivity contribution is 6.18. The minimum atomic E-state index is 0.415. The summed E-state index contributed by atoms with van der Waals surface area (Å²) in [4.78, 5) is 0. The van der Waals surface area contributed by atoms with Gasteiger partial charge in [-0.1, -0.05) is 207 Å². The van der Waals surface area contributed by atoms with Gasteiger partial charge in [0.2, 0.25) is 0 Å². The molecule has 0 saturated carbocycles. The minimum absolute atomic E-state index is 0.415. The van der Waals surface area contributed by atoms with E-state index in [9.17, 15) is 0 Å². The van der Waals surface area contributed by atoms with Gasteiger partial charge in [-0.2, -0.15) is 0 Å². The van der Waals surface area contributed by atoms with Gasteiger partial charge in [0, 0.05) is 70.9 Å². The van der Waals surface area contributed by atoms with Crippen LogP contribution >= 0.6 is 0 Å². The molecule has 5 aromatic heterocycles. The molecule has 394 valence electrons. The van der Waals surface area contributed by atoms with Gasteiger partial charge >= 0.3 is 0 Å². The van der Waals surface area contributed by atoms with Gasteiger partial charge in [0.25, 0.3) is 0 Å². The van der Waals surface area contributed by atoms with Crippen LogP contribution in [0.1, 0.15) is 18.2 Å². The van der Waals surface area contributed by atoms with Crippen molar-refractivity contribution in [2.24, 2.45) is 5.92 Å². The monoisotopic (exact) mass is 1070 g/mol. The fraction of sp³-hybridized carbons (Fsp3) is 0.0380. The first-order valence-corrected chi connectivity index (χ1v) is 29.3. The summed E-state index contributed by atoms with van der Waals surface area (Å²) >= 11 is 0. The molecule has 5 nitrogen and oxygen atoms in total. The highest BCUT2D eigenvalue weighted by atomic mass is 15.1. The first kappa shape index (κ1) is 46.8. The Balaban J connectivity index is 0.870. The van der Waals surface area contributed by atoms with E-state index < -0.39 is 0 Å². The van der Waals surface area contributed by atoms with Crippen LogP contribution in [0, 0.1) is 5.92 Å². The Bertz CT molecular complexity index is 5520. The molecule has 0 aliphatic heterocycles. The van der Waals surface area contributed by atoms with Crippen LogP contribution in [0.25, 0.3) is 155 Å². The second-order valence-electron chi connectivity index (χ2n) is 22.9. The van der Waals surface area contributed by atoms with Crippen molar-refractivity contribution in [2.75, 3.05) is 0 Å². The van der Waals surface area contributed by atoms with Crippen LogP contribution in [0.4, 0.5) is 0 Å². The van der Waals surface area contributed by atoms with E-state index in [-0.39, 0.29) is 0 Å². The van der Waals surface area contributed by atoms with Gasteiger partial charge in [0.05, 0.1) is 78.1 Å². The van der Waals surface area contributed by atoms with Crippen molar-refractivity contribution in [1.29, 1.82) is 0 Å². The summed E-state index contributed by atoms with van der Waals surface area (Å²) in [6.07, 6.45) is 5.69. The lowest BCUT2D eigenvalue weighted by Gasteiger charge is -2.20. The van der Waals surface area contributed by atoms with Crippen molar-refractivity contribution in [3.05, 3.63) is 290 Å². The Kier molecular flexibility index (Phi) is 10.1. The van der Waals surface area contributed by atoms with E-state index in [1.165, 1.54) is 104 Å². The molecule has 5 heterocycles. The smallest absolute Gasteiger partial charge is 0.0547 e. The van der Waals surface area contributed by atoms with Gasteiger partial charge in [-0.15, -0.1) is 0 Å². The molecule has 0 fully saturated rings. The fourth-order valence-electron chi connectivity index (χ4n) is 14.7. The number of para-hydroxylation sites is 9. The molecule has 1 unspecified atom stereocenters. The zero-order valence-electron chi connectivity index (χ0n) is 46.2.